The van der Waals surface area contributed by atoms with Crippen LogP contribution in [-0.4, -0.2) is 4.98 Å². The fourth-order valence-electron chi connectivity index (χ4n) is 2.10. The van der Waals surface area contributed by atoms with Crippen LogP contribution in [0.2, 0.25) is 5.02 Å². The molecule has 0 fully saturated rings. The first-order valence-corrected chi connectivity index (χ1v) is 7.49. The van der Waals surface area contributed by atoms with Gasteiger partial charge in [0.2, 0.25) is 0 Å². The van der Waals surface area contributed by atoms with Gasteiger partial charge in [-0.2, -0.15) is 0 Å². The number of hydrogen-bond acceptors (Lipinski definition) is 3. The van der Waals surface area contributed by atoms with Gasteiger partial charge < -0.3 is 10.5 Å². The summed E-state index contributed by atoms with van der Waals surface area (Å²) in [6.07, 6.45) is 1.76. The zero-order chi connectivity index (χ0) is 15.0. The zero-order valence-corrected chi connectivity index (χ0v) is 13.6. The van der Waals surface area contributed by atoms with Crippen molar-refractivity contribution in [3.05, 3.63) is 57.8 Å². The average molecular weight is 364 g/mol. The molecule has 5 heteroatoms. The zero-order valence-electron chi connectivity index (χ0n) is 11.2. The lowest BCUT2D eigenvalue weighted by Gasteiger charge is -2.12. The summed E-state index contributed by atoms with van der Waals surface area (Å²) in [5.74, 6) is 1.29. The normalized spacial score (nSPS) is 10.8. The second-order valence-corrected chi connectivity index (χ2v) is 6.02. The lowest BCUT2D eigenvalue weighted by molar-refractivity contribution is 0.488. The van der Waals surface area contributed by atoms with E-state index in [-0.39, 0.29) is 0 Å². The summed E-state index contributed by atoms with van der Waals surface area (Å²) in [7, 11) is 0. The van der Waals surface area contributed by atoms with E-state index in [9.17, 15) is 0 Å². The third-order valence-corrected chi connectivity index (χ3v) is 3.95. The standard InChI is InChI=1S/C16H12BrClN2O/c1-9-6-11-12(8-20-9)14(19)4-5-15(11)21-16-7-10(17)2-3-13(16)18/h2-8H,19H2,1H3. The van der Waals surface area contributed by atoms with Crippen LogP contribution in [-0.2, 0) is 0 Å². The summed E-state index contributed by atoms with van der Waals surface area (Å²) in [6, 6.07) is 11.1. The molecule has 2 aromatic carbocycles. The lowest BCUT2D eigenvalue weighted by Crippen LogP contribution is -1.93. The monoisotopic (exact) mass is 362 g/mol. The molecule has 3 rings (SSSR count). The summed E-state index contributed by atoms with van der Waals surface area (Å²) in [5, 5.41) is 2.33. The second-order valence-electron chi connectivity index (χ2n) is 4.70. The van der Waals surface area contributed by atoms with E-state index in [1.165, 1.54) is 0 Å². The molecule has 0 spiro atoms. The molecular formula is C16H12BrClN2O. The SMILES string of the molecule is Cc1cc2c(Oc3cc(Br)ccc3Cl)ccc(N)c2cn1. The molecule has 0 bridgehead atoms. The van der Waals surface area contributed by atoms with Crippen molar-refractivity contribution < 1.29 is 4.74 Å². The number of benzene rings is 2. The molecule has 0 atom stereocenters. The van der Waals surface area contributed by atoms with Crippen LogP contribution in [0.15, 0.2) is 47.1 Å². The molecular weight excluding hydrogens is 352 g/mol. The largest absolute Gasteiger partial charge is 0.455 e. The number of fused-ring (bicyclic) bond motifs is 1. The summed E-state index contributed by atoms with van der Waals surface area (Å²) in [5.41, 5.74) is 7.57. The number of rotatable bonds is 2. The Balaban J connectivity index is 2.14. The van der Waals surface area contributed by atoms with Gasteiger partial charge in [0.25, 0.3) is 0 Å². The number of aryl methyl sites for hydroxylation is 1. The number of nitrogen functional groups attached to an aromatic ring is 1. The Kier molecular flexibility index (Phi) is 3.74. The van der Waals surface area contributed by atoms with Crippen molar-refractivity contribution in [1.82, 2.24) is 4.98 Å². The first-order valence-electron chi connectivity index (χ1n) is 6.32. The molecule has 21 heavy (non-hydrogen) atoms. The molecule has 2 N–H and O–H groups in total. The van der Waals surface area contributed by atoms with Crippen LogP contribution < -0.4 is 10.5 Å². The summed E-state index contributed by atoms with van der Waals surface area (Å²) >= 11 is 9.59. The third-order valence-electron chi connectivity index (χ3n) is 3.14. The quantitative estimate of drug-likeness (QED) is 0.626. The summed E-state index contributed by atoms with van der Waals surface area (Å²) in [4.78, 5) is 4.28. The maximum Gasteiger partial charge on any atom is 0.147 e. The predicted molar refractivity (Wildman–Crippen MR) is 90.1 cm³/mol. The van der Waals surface area contributed by atoms with Crippen molar-refractivity contribution in [3.63, 3.8) is 0 Å². The van der Waals surface area contributed by atoms with Gasteiger partial charge in [0.05, 0.1) is 5.02 Å². The van der Waals surface area contributed by atoms with Crippen molar-refractivity contribution in [3.8, 4) is 11.5 Å². The van der Waals surface area contributed by atoms with Gasteiger partial charge in [-0.1, -0.05) is 27.5 Å². The molecule has 1 heterocycles. The Hall–Kier alpha value is -1.78. The molecule has 0 aliphatic carbocycles. The van der Waals surface area contributed by atoms with Gasteiger partial charge in [-0.15, -0.1) is 0 Å². The minimum atomic E-state index is 0.550. The van der Waals surface area contributed by atoms with E-state index in [4.69, 9.17) is 22.1 Å². The van der Waals surface area contributed by atoms with Crippen molar-refractivity contribution in [2.45, 2.75) is 6.92 Å². The van der Waals surface area contributed by atoms with E-state index in [0.717, 1.165) is 20.9 Å². The smallest absolute Gasteiger partial charge is 0.147 e. The van der Waals surface area contributed by atoms with Gasteiger partial charge in [0, 0.05) is 32.8 Å². The van der Waals surface area contributed by atoms with Crippen LogP contribution in [0.25, 0.3) is 10.8 Å². The van der Waals surface area contributed by atoms with Gasteiger partial charge in [-0.3, -0.25) is 4.98 Å². The van der Waals surface area contributed by atoms with Gasteiger partial charge in [0.1, 0.15) is 11.5 Å². The van der Waals surface area contributed by atoms with Crippen LogP contribution in [0.1, 0.15) is 5.69 Å². The molecule has 0 aliphatic rings. The Morgan fingerprint density at radius 1 is 1.10 bits per heavy atom. The molecule has 3 aromatic rings. The maximum atomic E-state index is 6.18. The van der Waals surface area contributed by atoms with Crippen molar-refractivity contribution in [2.24, 2.45) is 0 Å². The number of aromatic nitrogens is 1. The fraction of sp³-hybridized carbons (Fsp3) is 0.0625. The second kappa shape index (κ2) is 5.54. The number of nitrogens with zero attached hydrogens (tertiary/aromatic N) is 1. The molecule has 0 saturated heterocycles. The first-order chi connectivity index (χ1) is 10.0. The number of hydrogen-bond donors (Lipinski definition) is 1. The molecule has 3 nitrogen and oxygen atoms in total. The highest BCUT2D eigenvalue weighted by Gasteiger charge is 2.10. The number of halogens is 2. The minimum absolute atomic E-state index is 0.550. The van der Waals surface area contributed by atoms with E-state index in [2.05, 4.69) is 20.9 Å². The summed E-state index contributed by atoms with van der Waals surface area (Å²) in [6.45, 7) is 1.93. The highest BCUT2D eigenvalue weighted by atomic mass is 79.9. The van der Waals surface area contributed by atoms with E-state index >= 15 is 0 Å². The number of ether oxygens (including phenoxy) is 1. The van der Waals surface area contributed by atoms with Crippen LogP contribution in [0.4, 0.5) is 5.69 Å². The molecule has 0 radical (unpaired) electrons. The molecule has 0 amide bonds. The lowest BCUT2D eigenvalue weighted by atomic mass is 10.1. The summed E-state index contributed by atoms with van der Waals surface area (Å²) < 4.78 is 6.87. The highest BCUT2D eigenvalue weighted by molar-refractivity contribution is 9.10. The number of nitrogens with two attached hydrogens (primary N) is 1. The van der Waals surface area contributed by atoms with Crippen molar-refractivity contribution in [1.29, 1.82) is 0 Å². The Bertz CT molecular complexity index is 836. The number of anilines is 1. The van der Waals surface area contributed by atoms with Gasteiger partial charge in [-0.25, -0.2) is 0 Å². The van der Waals surface area contributed by atoms with E-state index < -0.39 is 0 Å². The number of pyridine rings is 1. The van der Waals surface area contributed by atoms with Crippen molar-refractivity contribution >= 4 is 44.0 Å². The topological polar surface area (TPSA) is 48.1 Å². The molecule has 0 aliphatic heterocycles. The molecule has 1 aromatic heterocycles. The molecule has 0 saturated carbocycles. The Morgan fingerprint density at radius 2 is 1.90 bits per heavy atom. The van der Waals surface area contributed by atoms with Crippen LogP contribution >= 0.6 is 27.5 Å². The van der Waals surface area contributed by atoms with Gasteiger partial charge in [0.15, 0.2) is 0 Å². The first kappa shape index (κ1) is 14.2. The average Bonchev–Trinajstić information content (AvgIpc) is 2.46. The van der Waals surface area contributed by atoms with Gasteiger partial charge in [-0.05, 0) is 43.3 Å². The minimum Gasteiger partial charge on any atom is -0.455 e. The van der Waals surface area contributed by atoms with E-state index in [1.54, 1.807) is 18.3 Å². The Morgan fingerprint density at radius 3 is 2.71 bits per heavy atom. The van der Waals surface area contributed by atoms with Crippen LogP contribution in [0, 0.1) is 6.92 Å². The Labute approximate surface area is 135 Å². The fourth-order valence-corrected chi connectivity index (χ4v) is 2.60. The van der Waals surface area contributed by atoms with Crippen molar-refractivity contribution in [2.75, 3.05) is 5.73 Å². The maximum absolute atomic E-state index is 6.18. The van der Waals surface area contributed by atoms with Gasteiger partial charge >= 0.3 is 0 Å². The van der Waals surface area contributed by atoms with Crippen LogP contribution in [0.3, 0.4) is 0 Å². The van der Waals surface area contributed by atoms with E-state index in [0.29, 0.717) is 22.2 Å². The predicted octanol–water partition coefficient (Wildman–Crippen LogP) is 5.33. The molecule has 106 valence electrons. The third kappa shape index (κ3) is 2.82. The highest BCUT2D eigenvalue weighted by Crippen LogP contribution is 2.37. The molecule has 0 unspecified atom stereocenters. The van der Waals surface area contributed by atoms with Crippen LogP contribution in [0.5, 0.6) is 11.5 Å². The van der Waals surface area contributed by atoms with E-state index in [1.807, 2.05) is 31.2 Å².